The van der Waals surface area contributed by atoms with Gasteiger partial charge in [0.1, 0.15) is 0 Å². The lowest BCUT2D eigenvalue weighted by Gasteiger charge is -2.38. The Balaban J connectivity index is 2.70. The number of hydrogen-bond acceptors (Lipinski definition) is 2. The predicted octanol–water partition coefficient (Wildman–Crippen LogP) is 7.88. The summed E-state index contributed by atoms with van der Waals surface area (Å²) in [5.74, 6) is -0.986. The number of carbonyl (C=O) groups excluding carboxylic acids is 2. The highest BCUT2D eigenvalue weighted by Gasteiger charge is 2.72. The molecule has 192 valence electrons. The summed E-state index contributed by atoms with van der Waals surface area (Å²) < 4.78 is 86.3. The third-order valence-corrected chi connectivity index (χ3v) is 5.78. The number of halogens is 8. The van der Waals surface area contributed by atoms with E-state index in [2.05, 4.69) is 10.6 Å². The van der Waals surface area contributed by atoms with Crippen LogP contribution in [0.3, 0.4) is 0 Å². The molecular weight excluding hydrogens is 521 g/mol. The zero-order valence-electron chi connectivity index (χ0n) is 18.6. The summed E-state index contributed by atoms with van der Waals surface area (Å²) in [6.45, 7) is 3.44. The van der Waals surface area contributed by atoms with Crippen molar-refractivity contribution in [1.29, 1.82) is 0 Å². The molecule has 0 aliphatic heterocycles. The van der Waals surface area contributed by atoms with Gasteiger partial charge in [0.25, 0.3) is 0 Å². The number of anilines is 2. The molecule has 0 unspecified atom stereocenters. The second kappa shape index (κ2) is 11.1. The fourth-order valence-corrected chi connectivity index (χ4v) is 4.02. The molecule has 0 bridgehead atoms. The average Bonchev–Trinajstić information content (AvgIpc) is 2.70. The van der Waals surface area contributed by atoms with Crippen LogP contribution in [0.15, 0.2) is 36.4 Å². The van der Waals surface area contributed by atoms with Gasteiger partial charge in [-0.1, -0.05) is 49.2 Å². The van der Waals surface area contributed by atoms with Gasteiger partial charge in [0.2, 0.25) is 17.2 Å². The van der Waals surface area contributed by atoms with E-state index in [4.69, 9.17) is 23.2 Å². The fourth-order valence-electron chi connectivity index (χ4n) is 3.56. The highest BCUT2D eigenvalue weighted by atomic mass is 35.5. The zero-order chi connectivity index (χ0) is 26.6. The van der Waals surface area contributed by atoms with E-state index in [1.807, 2.05) is 0 Å². The molecule has 0 aromatic heterocycles. The Kier molecular flexibility index (Phi) is 9.10. The number of nitrogens with one attached hydrogen (secondary N) is 2. The van der Waals surface area contributed by atoms with Crippen LogP contribution in [0, 0.1) is 0 Å². The molecule has 0 radical (unpaired) electrons. The van der Waals surface area contributed by atoms with Gasteiger partial charge in [0.05, 0.1) is 21.4 Å². The first-order valence-electron chi connectivity index (χ1n) is 10.5. The number of amides is 2. The highest BCUT2D eigenvalue weighted by Crippen LogP contribution is 2.57. The number of alkyl halides is 6. The average molecular weight is 543 g/mol. The van der Waals surface area contributed by atoms with Crippen LogP contribution in [0.4, 0.5) is 37.7 Å². The largest absolute Gasteiger partial charge is 0.411 e. The molecule has 2 amide bonds. The number of rotatable bonds is 8. The molecule has 0 aliphatic rings. The minimum atomic E-state index is -5.86. The van der Waals surface area contributed by atoms with E-state index in [0.29, 0.717) is 37.1 Å². The maximum Gasteiger partial charge on any atom is 0.411 e. The molecule has 0 fully saturated rings. The topological polar surface area (TPSA) is 58.2 Å². The van der Waals surface area contributed by atoms with Crippen LogP contribution in [0.25, 0.3) is 0 Å². The van der Waals surface area contributed by atoms with Gasteiger partial charge in [-0.2, -0.15) is 26.3 Å². The minimum Gasteiger partial charge on any atom is -0.325 e. The molecule has 0 aliphatic carbocycles. The molecular formula is C23H22Cl2F6N2O2. The quantitative estimate of drug-likeness (QED) is 0.333. The predicted molar refractivity (Wildman–Crippen MR) is 123 cm³/mol. The van der Waals surface area contributed by atoms with Crippen molar-refractivity contribution in [2.45, 2.75) is 57.3 Å². The van der Waals surface area contributed by atoms with Gasteiger partial charge < -0.3 is 10.6 Å². The first-order valence-corrected chi connectivity index (χ1v) is 11.3. The van der Waals surface area contributed by atoms with E-state index in [1.54, 1.807) is 13.8 Å². The van der Waals surface area contributed by atoms with Gasteiger partial charge in [0.15, 0.2) is 0 Å². The van der Waals surface area contributed by atoms with Crippen LogP contribution in [-0.4, -0.2) is 24.2 Å². The normalized spacial score (nSPS) is 12.4. The summed E-state index contributed by atoms with van der Waals surface area (Å²) >= 11 is 12.0. The lowest BCUT2D eigenvalue weighted by Crippen LogP contribution is -2.54. The second-order valence-electron chi connectivity index (χ2n) is 7.73. The maximum atomic E-state index is 14.4. The Morgan fingerprint density at radius 3 is 1.31 bits per heavy atom. The van der Waals surface area contributed by atoms with Crippen LogP contribution in [0.5, 0.6) is 0 Å². The Hall–Kier alpha value is -2.46. The molecule has 2 aromatic rings. The summed E-state index contributed by atoms with van der Waals surface area (Å²) in [4.78, 5) is 23.6. The molecule has 0 heterocycles. The molecule has 0 saturated heterocycles. The number of benzene rings is 2. The third kappa shape index (κ3) is 6.03. The summed E-state index contributed by atoms with van der Waals surface area (Å²) in [6, 6.07) is 4.04. The molecule has 0 spiro atoms. The van der Waals surface area contributed by atoms with E-state index in [0.717, 1.165) is 12.1 Å². The van der Waals surface area contributed by atoms with Crippen LogP contribution >= 0.6 is 23.2 Å². The Morgan fingerprint density at radius 1 is 0.714 bits per heavy atom. The lowest BCUT2D eigenvalue weighted by atomic mass is 9.72. The first-order chi connectivity index (χ1) is 16.2. The molecule has 4 nitrogen and oxygen atoms in total. The van der Waals surface area contributed by atoms with Crippen molar-refractivity contribution in [2.75, 3.05) is 10.6 Å². The molecule has 2 aromatic carbocycles. The summed E-state index contributed by atoms with van der Waals surface area (Å²) in [5.41, 5.74) is -7.17. The van der Waals surface area contributed by atoms with Crippen LogP contribution in [0.2, 0.25) is 10.0 Å². The molecule has 35 heavy (non-hydrogen) atoms. The van der Waals surface area contributed by atoms with Crippen molar-refractivity contribution in [3.63, 3.8) is 0 Å². The van der Waals surface area contributed by atoms with Crippen molar-refractivity contribution in [2.24, 2.45) is 0 Å². The van der Waals surface area contributed by atoms with E-state index in [9.17, 15) is 35.9 Å². The van der Waals surface area contributed by atoms with Gasteiger partial charge >= 0.3 is 12.4 Å². The smallest absolute Gasteiger partial charge is 0.325 e. The Labute approximate surface area is 208 Å². The number of hydrogen-bond donors (Lipinski definition) is 2. The van der Waals surface area contributed by atoms with Crippen molar-refractivity contribution in [3.8, 4) is 0 Å². The van der Waals surface area contributed by atoms with Crippen molar-refractivity contribution in [1.82, 2.24) is 0 Å². The van der Waals surface area contributed by atoms with Gasteiger partial charge in [-0.05, 0) is 48.2 Å². The van der Waals surface area contributed by atoms with Gasteiger partial charge in [0, 0.05) is 12.8 Å². The molecule has 2 rings (SSSR count). The fraction of sp³-hybridized carbons (Fsp3) is 0.391. The molecule has 2 N–H and O–H groups in total. The molecule has 12 heteroatoms. The standard InChI is InChI=1S/C23H22Cl2F6N2O2/c1-3-5-19(34)32-17-9-7-13(11-15(17)24)21(22(26,27)28,23(29,30)31)14-8-10-18(16(25)12-14)33-20(35)6-4-2/h7-12H,3-6H2,1-2H3,(H,32,34)(H,33,35). The zero-order valence-corrected chi connectivity index (χ0v) is 20.1. The van der Waals surface area contributed by atoms with E-state index < -0.39 is 50.8 Å². The Bertz CT molecular complexity index is 1000. The number of carbonyl (C=O) groups is 2. The van der Waals surface area contributed by atoms with Crippen LogP contribution in [0.1, 0.15) is 50.7 Å². The monoisotopic (exact) mass is 542 g/mol. The summed E-state index contributed by atoms with van der Waals surface area (Å²) in [5, 5.41) is 3.71. The van der Waals surface area contributed by atoms with E-state index in [1.165, 1.54) is 0 Å². The third-order valence-electron chi connectivity index (χ3n) is 5.16. The SMILES string of the molecule is CCCC(=O)Nc1ccc(C(c2ccc(NC(=O)CCC)c(Cl)c2)(C(F)(F)F)C(F)(F)F)cc1Cl. The van der Waals surface area contributed by atoms with Gasteiger partial charge in [-0.3, -0.25) is 9.59 Å². The van der Waals surface area contributed by atoms with Gasteiger partial charge in [-0.25, -0.2) is 0 Å². The minimum absolute atomic E-state index is 0.0900. The molecule has 0 saturated carbocycles. The van der Waals surface area contributed by atoms with E-state index in [-0.39, 0.29) is 24.2 Å². The molecule has 0 atom stereocenters. The van der Waals surface area contributed by atoms with Crippen molar-refractivity contribution in [3.05, 3.63) is 57.6 Å². The first kappa shape index (κ1) is 28.8. The lowest BCUT2D eigenvalue weighted by molar-refractivity contribution is -0.288. The maximum absolute atomic E-state index is 14.4. The van der Waals surface area contributed by atoms with Crippen LogP contribution in [-0.2, 0) is 15.0 Å². The summed E-state index contributed by atoms with van der Waals surface area (Å²) in [7, 11) is 0. The van der Waals surface area contributed by atoms with Crippen molar-refractivity contribution >= 4 is 46.4 Å². The van der Waals surface area contributed by atoms with Crippen LogP contribution < -0.4 is 10.6 Å². The highest BCUT2D eigenvalue weighted by molar-refractivity contribution is 6.34. The van der Waals surface area contributed by atoms with Crippen molar-refractivity contribution < 1.29 is 35.9 Å². The Morgan fingerprint density at radius 2 is 1.06 bits per heavy atom. The second-order valence-corrected chi connectivity index (χ2v) is 8.55. The summed E-state index contributed by atoms with van der Waals surface area (Å²) in [6.07, 6.45) is -10.6. The van der Waals surface area contributed by atoms with Gasteiger partial charge in [-0.15, -0.1) is 0 Å². The van der Waals surface area contributed by atoms with E-state index >= 15 is 0 Å².